The Bertz CT molecular complexity index is 1080. The summed E-state index contributed by atoms with van der Waals surface area (Å²) in [5.41, 5.74) is 5.90. The highest BCUT2D eigenvalue weighted by molar-refractivity contribution is 7.80. The van der Waals surface area contributed by atoms with Crippen LogP contribution in [-0.4, -0.2) is 15.8 Å². The Hall–Kier alpha value is -1.90. The van der Waals surface area contributed by atoms with Gasteiger partial charge >= 0.3 is 0 Å². The van der Waals surface area contributed by atoms with Gasteiger partial charge in [0, 0.05) is 10.7 Å². The Morgan fingerprint density at radius 3 is 2.66 bits per heavy atom. The molecule has 0 aliphatic rings. The van der Waals surface area contributed by atoms with Crippen LogP contribution >= 0.6 is 58.4 Å². The van der Waals surface area contributed by atoms with Gasteiger partial charge in [0.2, 0.25) is 0 Å². The molecule has 0 bridgehead atoms. The van der Waals surface area contributed by atoms with Crippen LogP contribution < -0.4 is 16.1 Å². The van der Waals surface area contributed by atoms with E-state index in [2.05, 4.69) is 26.1 Å². The van der Waals surface area contributed by atoms with Crippen LogP contribution in [0.3, 0.4) is 0 Å². The van der Waals surface area contributed by atoms with Crippen molar-refractivity contribution in [3.05, 3.63) is 68.1 Å². The molecule has 29 heavy (non-hydrogen) atoms. The van der Waals surface area contributed by atoms with Gasteiger partial charge in [-0.05, 0) is 56.4 Å². The number of rotatable bonds is 5. The first-order valence-corrected chi connectivity index (χ1v) is 10.7. The number of nitrogens with one attached hydrogen (secondary N) is 3. The molecule has 0 saturated carbocycles. The third-order valence-electron chi connectivity index (χ3n) is 3.73. The number of anilines is 3. The van der Waals surface area contributed by atoms with E-state index >= 15 is 0 Å². The van der Waals surface area contributed by atoms with Gasteiger partial charge in [-0.25, -0.2) is 4.98 Å². The first-order chi connectivity index (χ1) is 13.8. The average molecular weight is 485 g/mol. The Morgan fingerprint density at radius 2 is 1.90 bits per heavy atom. The fourth-order valence-electron chi connectivity index (χ4n) is 2.41. The molecule has 0 aliphatic heterocycles. The second-order valence-electron chi connectivity index (χ2n) is 5.93. The van der Waals surface area contributed by atoms with E-state index in [1.807, 2.05) is 38.1 Å². The largest absolute Gasteiger partial charge is 0.331 e. The summed E-state index contributed by atoms with van der Waals surface area (Å²) < 4.78 is 0. The molecule has 0 aliphatic carbocycles. The summed E-state index contributed by atoms with van der Waals surface area (Å²) in [7, 11) is 0. The molecule has 2 aromatic carbocycles. The van der Waals surface area contributed by atoms with Crippen molar-refractivity contribution in [2.75, 3.05) is 10.6 Å². The van der Waals surface area contributed by atoms with E-state index in [1.54, 1.807) is 18.2 Å². The molecule has 0 unspecified atom stereocenters. The van der Waals surface area contributed by atoms with Crippen molar-refractivity contribution in [3.8, 4) is 0 Å². The summed E-state index contributed by atoms with van der Waals surface area (Å²) in [4.78, 5) is 5.48. The number of thiazole rings is 1. The van der Waals surface area contributed by atoms with Crippen molar-refractivity contribution in [2.24, 2.45) is 5.10 Å². The van der Waals surface area contributed by atoms with Crippen molar-refractivity contribution in [2.45, 2.75) is 13.8 Å². The highest BCUT2D eigenvalue weighted by atomic mass is 35.5. The number of hydrogen-bond donors (Lipinski definition) is 3. The van der Waals surface area contributed by atoms with Gasteiger partial charge in [-0.2, -0.15) is 5.10 Å². The van der Waals surface area contributed by atoms with Gasteiger partial charge < -0.3 is 10.6 Å². The summed E-state index contributed by atoms with van der Waals surface area (Å²) >= 11 is 25.0. The predicted octanol–water partition coefficient (Wildman–Crippen LogP) is 6.87. The lowest BCUT2D eigenvalue weighted by molar-refractivity contribution is 1.04. The van der Waals surface area contributed by atoms with E-state index < -0.39 is 0 Å². The van der Waals surface area contributed by atoms with Crippen molar-refractivity contribution < 1.29 is 0 Å². The number of nitrogens with zero attached hydrogens (tertiary/aromatic N) is 2. The average Bonchev–Trinajstić information content (AvgIpc) is 3.03. The fraction of sp³-hybridized carbons (Fsp3) is 0.105. The van der Waals surface area contributed by atoms with Crippen molar-refractivity contribution >= 4 is 85.7 Å². The maximum atomic E-state index is 6.16. The lowest BCUT2D eigenvalue weighted by Crippen LogP contribution is -2.25. The second-order valence-corrected chi connectivity index (χ2v) is 8.56. The number of thiocarbonyl (C=S) groups is 1. The second kappa shape index (κ2) is 9.73. The van der Waals surface area contributed by atoms with Crippen LogP contribution in [0.5, 0.6) is 0 Å². The van der Waals surface area contributed by atoms with Crippen molar-refractivity contribution in [1.82, 2.24) is 10.4 Å². The number of aryl methyl sites for hydroxylation is 1. The fourth-order valence-corrected chi connectivity index (χ4v) is 4.04. The monoisotopic (exact) mass is 483 g/mol. The zero-order valence-corrected chi connectivity index (χ0v) is 19.3. The number of hydrogen-bond acceptors (Lipinski definition) is 5. The lowest BCUT2D eigenvalue weighted by Gasteiger charge is -2.10. The molecule has 0 radical (unpaired) electrons. The molecule has 150 valence electrons. The maximum absolute atomic E-state index is 6.16. The highest BCUT2D eigenvalue weighted by Gasteiger charge is 2.11. The Labute approximate surface area is 193 Å². The topological polar surface area (TPSA) is 61.3 Å². The molecule has 0 saturated heterocycles. The molecule has 1 heterocycles. The summed E-state index contributed by atoms with van der Waals surface area (Å²) in [5, 5.41) is 13.1. The summed E-state index contributed by atoms with van der Waals surface area (Å²) in [6.45, 7) is 3.81. The number of halogens is 3. The third-order valence-corrected chi connectivity index (χ3v) is 6.16. The van der Waals surface area contributed by atoms with E-state index in [4.69, 9.17) is 47.0 Å². The van der Waals surface area contributed by atoms with E-state index in [0.29, 0.717) is 25.9 Å². The van der Waals surface area contributed by atoms with Gasteiger partial charge in [-0.3, -0.25) is 5.43 Å². The summed E-state index contributed by atoms with van der Waals surface area (Å²) in [6.07, 6.45) is 0. The van der Waals surface area contributed by atoms with Gasteiger partial charge in [0.15, 0.2) is 10.2 Å². The highest BCUT2D eigenvalue weighted by Crippen LogP contribution is 2.30. The predicted molar refractivity (Wildman–Crippen MR) is 130 cm³/mol. The normalized spacial score (nSPS) is 11.3. The van der Waals surface area contributed by atoms with Gasteiger partial charge in [-0.1, -0.05) is 58.3 Å². The number of hydrazone groups is 1. The molecule has 0 spiro atoms. The first kappa shape index (κ1) is 21.8. The van der Waals surface area contributed by atoms with Crippen LogP contribution in [0.4, 0.5) is 16.5 Å². The molecular formula is C19H16Cl3N5S2. The number of aromatic nitrogens is 1. The first-order valence-electron chi connectivity index (χ1n) is 8.39. The van der Waals surface area contributed by atoms with E-state index in [-0.39, 0.29) is 0 Å². The van der Waals surface area contributed by atoms with E-state index in [9.17, 15) is 0 Å². The minimum Gasteiger partial charge on any atom is -0.331 e. The van der Waals surface area contributed by atoms with E-state index in [1.165, 1.54) is 11.3 Å². The molecular weight excluding hydrogens is 469 g/mol. The van der Waals surface area contributed by atoms with Gasteiger partial charge in [0.05, 0.1) is 32.0 Å². The standard InChI is InChI=1S/C19H16Cl3N5S2/c1-10-17(29-19(23-10)24-13-6-3-5-12(20)9-13)11(2)26-27-18(28)25-15-8-4-7-14(21)16(15)22/h3-9H,1-2H3,(H,23,24)(H2,25,27,28)/b26-11+. The van der Waals surface area contributed by atoms with Crippen LogP contribution in [-0.2, 0) is 0 Å². The van der Waals surface area contributed by atoms with Crippen LogP contribution in [0.25, 0.3) is 0 Å². The van der Waals surface area contributed by atoms with E-state index in [0.717, 1.165) is 27.1 Å². The molecule has 1 aromatic heterocycles. The lowest BCUT2D eigenvalue weighted by atomic mass is 10.3. The van der Waals surface area contributed by atoms with Crippen LogP contribution in [0.15, 0.2) is 47.6 Å². The summed E-state index contributed by atoms with van der Waals surface area (Å²) in [6, 6.07) is 12.7. The molecule has 3 N–H and O–H groups in total. The molecule has 10 heteroatoms. The maximum Gasteiger partial charge on any atom is 0.191 e. The van der Waals surface area contributed by atoms with Crippen LogP contribution in [0.1, 0.15) is 17.5 Å². The minimum absolute atomic E-state index is 0.299. The Kier molecular flexibility index (Phi) is 7.32. The minimum atomic E-state index is 0.299. The molecule has 3 rings (SSSR count). The molecule has 0 atom stereocenters. The third kappa shape index (κ3) is 5.81. The quantitative estimate of drug-likeness (QED) is 0.210. The smallest absolute Gasteiger partial charge is 0.191 e. The molecule has 5 nitrogen and oxygen atoms in total. The number of benzene rings is 2. The van der Waals surface area contributed by atoms with Gasteiger partial charge in [0.1, 0.15) is 0 Å². The molecule has 0 amide bonds. The SMILES string of the molecule is C/C(=N\NC(=S)Nc1cccc(Cl)c1Cl)c1sc(Nc2cccc(Cl)c2)nc1C. The van der Waals surface area contributed by atoms with Crippen molar-refractivity contribution in [3.63, 3.8) is 0 Å². The Balaban J connectivity index is 1.67. The molecule has 0 fully saturated rings. The Morgan fingerprint density at radius 1 is 1.14 bits per heavy atom. The van der Waals surface area contributed by atoms with Crippen molar-refractivity contribution in [1.29, 1.82) is 0 Å². The summed E-state index contributed by atoms with van der Waals surface area (Å²) in [5.74, 6) is 0. The molecule has 3 aromatic rings. The van der Waals surface area contributed by atoms with Gasteiger partial charge in [0.25, 0.3) is 0 Å². The zero-order valence-electron chi connectivity index (χ0n) is 15.4. The van der Waals surface area contributed by atoms with Gasteiger partial charge in [-0.15, -0.1) is 0 Å². The van der Waals surface area contributed by atoms with Crippen LogP contribution in [0, 0.1) is 6.92 Å². The van der Waals surface area contributed by atoms with Crippen LogP contribution in [0.2, 0.25) is 15.1 Å². The zero-order chi connectivity index (χ0) is 21.0.